The van der Waals surface area contributed by atoms with Gasteiger partial charge in [-0.05, 0) is 6.42 Å². The molecule has 1 aliphatic rings. The molecule has 1 saturated heterocycles. The summed E-state index contributed by atoms with van der Waals surface area (Å²) in [5.74, 6) is -0.859. The maximum absolute atomic E-state index is 10.9. The molecule has 0 aromatic heterocycles. The summed E-state index contributed by atoms with van der Waals surface area (Å²) in [5, 5.41) is 10.6. The van der Waals surface area contributed by atoms with Crippen molar-refractivity contribution in [2.45, 2.75) is 18.4 Å². The lowest BCUT2D eigenvalue weighted by Crippen LogP contribution is -2.47. The standard InChI is InChI=1S/C6H10N2O3/c7-6(1-2-9)3-4(10)8-5(6)11/h9H,1-3,7H2,(H,8,10,11). The summed E-state index contributed by atoms with van der Waals surface area (Å²) >= 11 is 0. The summed E-state index contributed by atoms with van der Waals surface area (Å²) in [6.45, 7) is -0.183. The molecular weight excluding hydrogens is 148 g/mol. The molecule has 1 aliphatic heterocycles. The monoisotopic (exact) mass is 158 g/mol. The zero-order valence-electron chi connectivity index (χ0n) is 5.96. The number of nitrogens with two attached hydrogens (primary N) is 1. The van der Waals surface area contributed by atoms with Crippen LogP contribution >= 0.6 is 0 Å². The molecule has 0 bridgehead atoms. The summed E-state index contributed by atoms with van der Waals surface area (Å²) in [4.78, 5) is 21.6. The zero-order valence-corrected chi connectivity index (χ0v) is 5.96. The van der Waals surface area contributed by atoms with Crippen LogP contribution in [0, 0.1) is 0 Å². The van der Waals surface area contributed by atoms with Crippen molar-refractivity contribution in [3.8, 4) is 0 Å². The molecular formula is C6H10N2O3. The molecule has 1 heterocycles. The van der Waals surface area contributed by atoms with E-state index < -0.39 is 11.4 Å². The smallest absolute Gasteiger partial charge is 0.247 e. The highest BCUT2D eigenvalue weighted by Crippen LogP contribution is 2.16. The lowest BCUT2D eigenvalue weighted by atomic mass is 9.95. The molecule has 0 saturated carbocycles. The molecule has 0 aromatic carbocycles. The van der Waals surface area contributed by atoms with Crippen LogP contribution in [0.25, 0.3) is 0 Å². The lowest BCUT2D eigenvalue weighted by molar-refractivity contribution is -0.126. The Morgan fingerprint density at radius 2 is 2.27 bits per heavy atom. The Bertz CT molecular complexity index is 204. The topological polar surface area (TPSA) is 92.4 Å². The van der Waals surface area contributed by atoms with E-state index in [1.165, 1.54) is 0 Å². The Kier molecular flexibility index (Phi) is 1.92. The van der Waals surface area contributed by atoms with E-state index in [9.17, 15) is 9.59 Å². The first-order chi connectivity index (χ1) is 5.08. The van der Waals surface area contributed by atoms with E-state index >= 15 is 0 Å². The van der Waals surface area contributed by atoms with Gasteiger partial charge in [0.25, 0.3) is 0 Å². The van der Waals surface area contributed by atoms with Crippen LogP contribution in [0.4, 0.5) is 0 Å². The van der Waals surface area contributed by atoms with E-state index in [-0.39, 0.29) is 25.4 Å². The van der Waals surface area contributed by atoms with Crippen LogP contribution in [0.15, 0.2) is 0 Å². The van der Waals surface area contributed by atoms with Crippen molar-refractivity contribution in [3.63, 3.8) is 0 Å². The van der Waals surface area contributed by atoms with Gasteiger partial charge in [-0.15, -0.1) is 0 Å². The fraction of sp³-hybridized carbons (Fsp3) is 0.667. The van der Waals surface area contributed by atoms with Crippen molar-refractivity contribution in [3.05, 3.63) is 0 Å². The van der Waals surface area contributed by atoms with Gasteiger partial charge >= 0.3 is 0 Å². The number of carbonyl (C=O) groups excluding carboxylic acids is 2. The second-order valence-electron chi connectivity index (χ2n) is 2.68. The first kappa shape index (κ1) is 8.16. The minimum atomic E-state index is -1.17. The highest BCUT2D eigenvalue weighted by atomic mass is 16.3. The molecule has 5 heteroatoms. The second-order valence-corrected chi connectivity index (χ2v) is 2.68. The van der Waals surface area contributed by atoms with Crippen molar-refractivity contribution in [2.24, 2.45) is 5.73 Å². The Labute approximate surface area is 63.6 Å². The van der Waals surface area contributed by atoms with Gasteiger partial charge < -0.3 is 10.8 Å². The van der Waals surface area contributed by atoms with Gasteiger partial charge in [0.1, 0.15) is 5.54 Å². The van der Waals surface area contributed by atoms with Gasteiger partial charge in [0, 0.05) is 6.61 Å². The number of carbonyl (C=O) groups is 2. The minimum absolute atomic E-state index is 0.0214. The second kappa shape index (κ2) is 2.60. The first-order valence-electron chi connectivity index (χ1n) is 3.32. The van der Waals surface area contributed by atoms with E-state index in [2.05, 4.69) is 5.32 Å². The van der Waals surface area contributed by atoms with Crippen LogP contribution in [0.2, 0.25) is 0 Å². The van der Waals surface area contributed by atoms with Crippen molar-refractivity contribution in [2.75, 3.05) is 6.61 Å². The third-order valence-corrected chi connectivity index (χ3v) is 1.74. The van der Waals surface area contributed by atoms with Gasteiger partial charge in [-0.25, -0.2) is 0 Å². The molecule has 0 aliphatic carbocycles. The molecule has 1 atom stereocenters. The number of hydrogen-bond donors (Lipinski definition) is 3. The number of aliphatic hydroxyl groups excluding tert-OH is 1. The van der Waals surface area contributed by atoms with Gasteiger partial charge in [0.05, 0.1) is 6.42 Å². The van der Waals surface area contributed by atoms with Gasteiger partial charge in [-0.2, -0.15) is 0 Å². The zero-order chi connectivity index (χ0) is 8.48. The fourth-order valence-corrected chi connectivity index (χ4v) is 1.06. The summed E-state index contributed by atoms with van der Waals surface area (Å²) in [6, 6.07) is 0. The van der Waals surface area contributed by atoms with Gasteiger partial charge in [-0.1, -0.05) is 0 Å². The number of rotatable bonds is 2. The summed E-state index contributed by atoms with van der Waals surface area (Å²) in [7, 11) is 0. The van der Waals surface area contributed by atoms with Gasteiger partial charge in [-0.3, -0.25) is 14.9 Å². The molecule has 5 nitrogen and oxygen atoms in total. The number of nitrogens with one attached hydrogen (secondary N) is 1. The van der Waals surface area contributed by atoms with Crippen LogP contribution in [-0.4, -0.2) is 29.1 Å². The van der Waals surface area contributed by atoms with Crippen LogP contribution in [0.3, 0.4) is 0 Å². The predicted molar refractivity (Wildman–Crippen MR) is 36.4 cm³/mol. The minimum Gasteiger partial charge on any atom is -0.396 e. The first-order valence-corrected chi connectivity index (χ1v) is 3.32. The number of aliphatic hydroxyl groups is 1. The highest BCUT2D eigenvalue weighted by Gasteiger charge is 2.42. The van der Waals surface area contributed by atoms with Crippen molar-refractivity contribution in [1.82, 2.24) is 5.32 Å². The van der Waals surface area contributed by atoms with Crippen LogP contribution in [0.1, 0.15) is 12.8 Å². The fourth-order valence-electron chi connectivity index (χ4n) is 1.06. The number of imide groups is 1. The molecule has 0 radical (unpaired) electrons. The molecule has 1 fully saturated rings. The summed E-state index contributed by atoms with van der Waals surface area (Å²) in [5.41, 5.74) is 4.34. The molecule has 1 unspecified atom stereocenters. The van der Waals surface area contributed by atoms with E-state index in [4.69, 9.17) is 10.8 Å². The third-order valence-electron chi connectivity index (χ3n) is 1.74. The van der Waals surface area contributed by atoms with Crippen molar-refractivity contribution < 1.29 is 14.7 Å². The Morgan fingerprint density at radius 3 is 2.64 bits per heavy atom. The average Bonchev–Trinajstić information content (AvgIpc) is 2.08. The van der Waals surface area contributed by atoms with Gasteiger partial charge in [0.2, 0.25) is 11.8 Å². The van der Waals surface area contributed by atoms with Crippen LogP contribution in [0.5, 0.6) is 0 Å². The Balaban J connectivity index is 2.70. The third kappa shape index (κ3) is 1.38. The van der Waals surface area contributed by atoms with E-state index in [1.807, 2.05) is 0 Å². The molecule has 1 rings (SSSR count). The maximum Gasteiger partial charge on any atom is 0.247 e. The van der Waals surface area contributed by atoms with Gasteiger partial charge in [0.15, 0.2) is 0 Å². The van der Waals surface area contributed by atoms with Crippen LogP contribution in [-0.2, 0) is 9.59 Å². The summed E-state index contributed by atoms with van der Waals surface area (Å²) in [6.07, 6.45) is 0.108. The molecule has 11 heavy (non-hydrogen) atoms. The number of hydrogen-bond acceptors (Lipinski definition) is 4. The Morgan fingerprint density at radius 1 is 1.64 bits per heavy atom. The summed E-state index contributed by atoms with van der Waals surface area (Å²) < 4.78 is 0. The quantitative estimate of drug-likeness (QED) is 0.410. The SMILES string of the molecule is NC1(CCO)CC(=O)NC1=O. The molecule has 2 amide bonds. The number of amides is 2. The molecule has 4 N–H and O–H groups in total. The molecule has 0 aromatic rings. The lowest BCUT2D eigenvalue weighted by Gasteiger charge is -2.16. The Hall–Kier alpha value is -0.940. The largest absolute Gasteiger partial charge is 0.396 e. The van der Waals surface area contributed by atoms with E-state index in [0.29, 0.717) is 0 Å². The molecule has 0 spiro atoms. The predicted octanol–water partition coefficient (Wildman–Crippen LogP) is -1.89. The van der Waals surface area contributed by atoms with E-state index in [0.717, 1.165) is 0 Å². The van der Waals surface area contributed by atoms with Crippen molar-refractivity contribution in [1.29, 1.82) is 0 Å². The highest BCUT2D eigenvalue weighted by molar-refractivity contribution is 6.08. The average molecular weight is 158 g/mol. The maximum atomic E-state index is 10.9. The van der Waals surface area contributed by atoms with Crippen molar-refractivity contribution >= 4 is 11.8 Å². The normalized spacial score (nSPS) is 30.7. The molecule has 62 valence electrons. The van der Waals surface area contributed by atoms with Crippen LogP contribution < -0.4 is 11.1 Å². The van der Waals surface area contributed by atoms with E-state index in [1.54, 1.807) is 0 Å².